The Balaban J connectivity index is 2.23. The van der Waals surface area contributed by atoms with Gasteiger partial charge in [0.15, 0.2) is 0 Å². The summed E-state index contributed by atoms with van der Waals surface area (Å²) in [5.41, 5.74) is 2.48. The Morgan fingerprint density at radius 2 is 2.54 bits per heavy atom. The van der Waals surface area contributed by atoms with E-state index in [1.807, 2.05) is 10.9 Å². The fraction of sp³-hybridized carbons (Fsp3) is 0.556. The van der Waals surface area contributed by atoms with Crippen LogP contribution in [0.25, 0.3) is 5.57 Å². The zero-order chi connectivity index (χ0) is 9.10. The molecule has 1 aliphatic rings. The van der Waals surface area contributed by atoms with E-state index in [0.717, 1.165) is 31.7 Å². The molecular weight excluding hydrogens is 164 g/mol. The van der Waals surface area contributed by atoms with Crippen molar-refractivity contribution in [2.75, 3.05) is 13.1 Å². The Kier molecular flexibility index (Phi) is 2.40. The van der Waals surface area contributed by atoms with E-state index in [4.69, 9.17) is 0 Å². The summed E-state index contributed by atoms with van der Waals surface area (Å²) in [5.74, 6) is 0. The molecule has 1 N–H and O–H groups in total. The highest BCUT2D eigenvalue weighted by Gasteiger charge is 2.11. The lowest BCUT2D eigenvalue weighted by Gasteiger charge is -2.04. The first kappa shape index (κ1) is 8.44. The van der Waals surface area contributed by atoms with Crippen molar-refractivity contribution in [1.29, 1.82) is 0 Å². The van der Waals surface area contributed by atoms with Crippen molar-refractivity contribution in [3.8, 4) is 0 Å². The summed E-state index contributed by atoms with van der Waals surface area (Å²) in [6.45, 7) is 5.00. The lowest BCUT2D eigenvalue weighted by atomic mass is 10.2. The SMILES string of the molecule is CCCn1nncc1C1=CCNC1. The normalized spacial score (nSPS) is 16.2. The van der Waals surface area contributed by atoms with Crippen molar-refractivity contribution in [2.24, 2.45) is 0 Å². The monoisotopic (exact) mass is 178 g/mol. The molecule has 0 aromatic carbocycles. The van der Waals surface area contributed by atoms with Crippen molar-refractivity contribution in [1.82, 2.24) is 20.3 Å². The Hall–Kier alpha value is -1.16. The summed E-state index contributed by atoms with van der Waals surface area (Å²) in [5, 5.41) is 11.2. The molecule has 4 heteroatoms. The van der Waals surface area contributed by atoms with Gasteiger partial charge in [-0.3, -0.25) is 0 Å². The summed E-state index contributed by atoms with van der Waals surface area (Å²) in [6.07, 6.45) is 5.14. The lowest BCUT2D eigenvalue weighted by Crippen LogP contribution is -2.10. The molecule has 0 atom stereocenters. The Labute approximate surface area is 77.6 Å². The van der Waals surface area contributed by atoms with E-state index >= 15 is 0 Å². The molecule has 1 aromatic rings. The minimum atomic E-state index is 0.942. The topological polar surface area (TPSA) is 42.7 Å². The van der Waals surface area contributed by atoms with Crippen molar-refractivity contribution in [3.63, 3.8) is 0 Å². The number of aromatic nitrogens is 3. The maximum Gasteiger partial charge on any atom is 0.0855 e. The van der Waals surface area contributed by atoms with Gasteiger partial charge in [-0.05, 0) is 12.0 Å². The van der Waals surface area contributed by atoms with E-state index in [0.29, 0.717) is 0 Å². The van der Waals surface area contributed by atoms with Crippen LogP contribution in [0.2, 0.25) is 0 Å². The first-order valence-electron chi connectivity index (χ1n) is 4.70. The van der Waals surface area contributed by atoms with Crippen LogP contribution in [-0.2, 0) is 6.54 Å². The highest BCUT2D eigenvalue weighted by Crippen LogP contribution is 2.14. The molecule has 1 aliphatic heterocycles. The van der Waals surface area contributed by atoms with E-state index in [1.165, 1.54) is 5.57 Å². The van der Waals surface area contributed by atoms with Crippen molar-refractivity contribution < 1.29 is 0 Å². The van der Waals surface area contributed by atoms with E-state index in [9.17, 15) is 0 Å². The van der Waals surface area contributed by atoms with Crippen LogP contribution < -0.4 is 5.32 Å². The van der Waals surface area contributed by atoms with Gasteiger partial charge in [-0.25, -0.2) is 4.68 Å². The molecule has 70 valence electrons. The molecule has 0 radical (unpaired) electrons. The molecular formula is C9H14N4. The zero-order valence-corrected chi connectivity index (χ0v) is 7.82. The molecule has 0 spiro atoms. The van der Waals surface area contributed by atoms with Crippen LogP contribution in [0.4, 0.5) is 0 Å². The van der Waals surface area contributed by atoms with Crippen LogP contribution in [0.3, 0.4) is 0 Å². The summed E-state index contributed by atoms with van der Waals surface area (Å²) >= 11 is 0. The zero-order valence-electron chi connectivity index (χ0n) is 7.82. The first-order chi connectivity index (χ1) is 6.42. The molecule has 13 heavy (non-hydrogen) atoms. The number of aryl methyl sites for hydroxylation is 1. The molecule has 0 amide bonds. The highest BCUT2D eigenvalue weighted by atomic mass is 15.4. The Morgan fingerprint density at radius 3 is 3.23 bits per heavy atom. The standard InChI is InChI=1S/C9H14N4/c1-2-5-13-9(7-11-12-13)8-3-4-10-6-8/h3,7,10H,2,4-6H2,1H3. The third-order valence-corrected chi connectivity index (χ3v) is 2.19. The summed E-state index contributed by atoms with van der Waals surface area (Å²) in [6, 6.07) is 0. The average Bonchev–Trinajstić information content (AvgIpc) is 2.71. The smallest absolute Gasteiger partial charge is 0.0855 e. The second-order valence-corrected chi connectivity index (χ2v) is 3.20. The van der Waals surface area contributed by atoms with Gasteiger partial charge in [-0.1, -0.05) is 18.2 Å². The summed E-state index contributed by atoms with van der Waals surface area (Å²) < 4.78 is 1.97. The van der Waals surface area contributed by atoms with Gasteiger partial charge in [0.2, 0.25) is 0 Å². The third-order valence-electron chi connectivity index (χ3n) is 2.19. The minimum Gasteiger partial charge on any atom is -0.309 e. The van der Waals surface area contributed by atoms with Gasteiger partial charge in [0.1, 0.15) is 0 Å². The molecule has 0 saturated heterocycles. The Morgan fingerprint density at radius 1 is 1.62 bits per heavy atom. The number of rotatable bonds is 3. The molecule has 0 unspecified atom stereocenters. The van der Waals surface area contributed by atoms with Gasteiger partial charge in [-0.2, -0.15) is 0 Å². The second kappa shape index (κ2) is 3.70. The molecule has 4 nitrogen and oxygen atoms in total. The van der Waals surface area contributed by atoms with Crippen LogP contribution in [0.5, 0.6) is 0 Å². The van der Waals surface area contributed by atoms with Crippen LogP contribution in [0.15, 0.2) is 12.3 Å². The van der Waals surface area contributed by atoms with Crippen LogP contribution >= 0.6 is 0 Å². The highest BCUT2D eigenvalue weighted by molar-refractivity contribution is 5.65. The van der Waals surface area contributed by atoms with E-state index in [1.54, 1.807) is 0 Å². The fourth-order valence-corrected chi connectivity index (χ4v) is 1.55. The quantitative estimate of drug-likeness (QED) is 0.740. The third kappa shape index (κ3) is 1.62. The predicted octanol–water partition coefficient (Wildman–Crippen LogP) is 0.675. The summed E-state index contributed by atoms with van der Waals surface area (Å²) in [7, 11) is 0. The largest absolute Gasteiger partial charge is 0.309 e. The second-order valence-electron chi connectivity index (χ2n) is 3.20. The van der Waals surface area contributed by atoms with Gasteiger partial charge in [0.05, 0.1) is 11.9 Å². The molecule has 0 bridgehead atoms. The lowest BCUT2D eigenvalue weighted by molar-refractivity contribution is 0.573. The maximum atomic E-state index is 4.05. The van der Waals surface area contributed by atoms with Crippen LogP contribution in [0.1, 0.15) is 19.0 Å². The Bertz CT molecular complexity index is 313. The number of nitrogens with one attached hydrogen (secondary N) is 1. The van der Waals surface area contributed by atoms with Gasteiger partial charge in [0, 0.05) is 19.6 Å². The molecule has 1 aromatic heterocycles. The van der Waals surface area contributed by atoms with Gasteiger partial charge in [0.25, 0.3) is 0 Å². The maximum absolute atomic E-state index is 4.05. The fourth-order valence-electron chi connectivity index (χ4n) is 1.55. The molecule has 2 rings (SSSR count). The molecule has 2 heterocycles. The van der Waals surface area contributed by atoms with E-state index in [-0.39, 0.29) is 0 Å². The number of hydrogen-bond donors (Lipinski definition) is 1. The minimum absolute atomic E-state index is 0.942. The van der Waals surface area contributed by atoms with Crippen LogP contribution in [-0.4, -0.2) is 28.1 Å². The van der Waals surface area contributed by atoms with Crippen molar-refractivity contribution in [3.05, 3.63) is 18.0 Å². The van der Waals surface area contributed by atoms with Gasteiger partial charge < -0.3 is 5.32 Å². The predicted molar refractivity (Wildman–Crippen MR) is 51.2 cm³/mol. The summed E-state index contributed by atoms with van der Waals surface area (Å²) in [4.78, 5) is 0. The first-order valence-corrected chi connectivity index (χ1v) is 4.70. The van der Waals surface area contributed by atoms with Gasteiger partial charge >= 0.3 is 0 Å². The molecule has 0 saturated carbocycles. The number of nitrogens with zero attached hydrogens (tertiary/aromatic N) is 3. The van der Waals surface area contributed by atoms with E-state index < -0.39 is 0 Å². The number of hydrogen-bond acceptors (Lipinski definition) is 3. The van der Waals surface area contributed by atoms with Gasteiger partial charge in [-0.15, -0.1) is 5.10 Å². The molecule has 0 fully saturated rings. The van der Waals surface area contributed by atoms with Crippen molar-refractivity contribution >= 4 is 5.57 Å². The van der Waals surface area contributed by atoms with Crippen LogP contribution in [0, 0.1) is 0 Å². The molecule has 0 aliphatic carbocycles. The van der Waals surface area contributed by atoms with E-state index in [2.05, 4.69) is 28.6 Å². The van der Waals surface area contributed by atoms with Crippen molar-refractivity contribution in [2.45, 2.75) is 19.9 Å². The average molecular weight is 178 g/mol.